The number of methoxy groups -OCH3 is 2. The molecule has 98 valence electrons. The first-order chi connectivity index (χ1) is 8.67. The Kier molecular flexibility index (Phi) is 5.73. The Morgan fingerprint density at radius 3 is 2.44 bits per heavy atom. The second-order valence-electron chi connectivity index (χ2n) is 3.51. The van der Waals surface area contributed by atoms with Crippen LogP contribution in [0.2, 0.25) is 0 Å². The van der Waals surface area contributed by atoms with Crippen LogP contribution < -0.4 is 10.1 Å². The van der Waals surface area contributed by atoms with E-state index in [0.717, 1.165) is 11.3 Å². The average molecular weight is 251 g/mol. The minimum Gasteiger partial charge on any atom is -0.497 e. The number of ether oxygens (including phenoxy) is 3. The lowest BCUT2D eigenvalue weighted by Gasteiger charge is -2.09. The van der Waals surface area contributed by atoms with Gasteiger partial charge in [-0.3, -0.25) is 4.79 Å². The molecule has 0 radical (unpaired) electrons. The first kappa shape index (κ1) is 14.1. The zero-order chi connectivity index (χ0) is 13.4. The normalized spacial score (nSPS) is 10.9. The zero-order valence-corrected chi connectivity index (χ0v) is 10.7. The highest BCUT2D eigenvalue weighted by atomic mass is 16.7. The van der Waals surface area contributed by atoms with E-state index in [9.17, 15) is 4.79 Å². The number of benzene rings is 1. The van der Waals surface area contributed by atoms with E-state index < -0.39 is 0 Å². The van der Waals surface area contributed by atoms with Gasteiger partial charge in [0, 0.05) is 19.6 Å². The molecule has 1 amide bonds. The van der Waals surface area contributed by atoms with Crippen molar-refractivity contribution in [2.45, 2.75) is 6.92 Å². The minimum absolute atomic E-state index is 0.124. The number of hydrogen-bond acceptors (Lipinski definition) is 4. The third-order valence-electron chi connectivity index (χ3n) is 2.10. The molecular weight excluding hydrogens is 234 g/mol. The molecule has 0 fully saturated rings. The summed E-state index contributed by atoms with van der Waals surface area (Å²) < 4.78 is 15.0. The molecule has 0 saturated heterocycles. The third kappa shape index (κ3) is 4.47. The molecule has 0 aliphatic heterocycles. The smallest absolute Gasteiger partial charge is 0.221 e. The maximum atomic E-state index is 11.1. The Bertz CT molecular complexity index is 412. The summed E-state index contributed by atoms with van der Waals surface area (Å²) in [4.78, 5) is 11.1. The van der Waals surface area contributed by atoms with E-state index in [0.29, 0.717) is 5.70 Å². The SMILES string of the molecule is COCO/C=C(\NC(C)=O)c1ccc(OC)cc1. The number of nitrogens with one attached hydrogen (secondary N) is 1. The van der Waals surface area contributed by atoms with E-state index in [1.165, 1.54) is 20.3 Å². The second kappa shape index (κ2) is 7.34. The van der Waals surface area contributed by atoms with Crippen molar-refractivity contribution >= 4 is 11.6 Å². The van der Waals surface area contributed by atoms with Gasteiger partial charge in [-0.2, -0.15) is 0 Å². The highest BCUT2D eigenvalue weighted by Gasteiger charge is 2.04. The van der Waals surface area contributed by atoms with Crippen LogP contribution in [0.5, 0.6) is 5.75 Å². The molecule has 0 unspecified atom stereocenters. The van der Waals surface area contributed by atoms with Gasteiger partial charge in [-0.05, 0) is 24.3 Å². The monoisotopic (exact) mass is 251 g/mol. The van der Waals surface area contributed by atoms with Crippen molar-refractivity contribution in [2.75, 3.05) is 21.0 Å². The van der Waals surface area contributed by atoms with Gasteiger partial charge in [0.15, 0.2) is 6.79 Å². The summed E-state index contributed by atoms with van der Waals surface area (Å²) in [5, 5.41) is 2.69. The molecular formula is C13H17NO4. The van der Waals surface area contributed by atoms with Gasteiger partial charge in [-0.1, -0.05) is 0 Å². The number of carbonyl (C=O) groups is 1. The molecule has 0 spiro atoms. The molecule has 0 atom stereocenters. The highest BCUT2D eigenvalue weighted by Crippen LogP contribution is 2.17. The van der Waals surface area contributed by atoms with Gasteiger partial charge in [0.1, 0.15) is 12.0 Å². The molecule has 0 aliphatic carbocycles. The van der Waals surface area contributed by atoms with Crippen molar-refractivity contribution in [2.24, 2.45) is 0 Å². The topological polar surface area (TPSA) is 56.8 Å². The van der Waals surface area contributed by atoms with E-state index in [2.05, 4.69) is 5.32 Å². The Balaban J connectivity index is 2.86. The van der Waals surface area contributed by atoms with Crippen molar-refractivity contribution in [3.8, 4) is 5.75 Å². The van der Waals surface area contributed by atoms with E-state index in [1.807, 2.05) is 12.1 Å². The van der Waals surface area contributed by atoms with Crippen molar-refractivity contribution < 1.29 is 19.0 Å². The molecule has 0 bridgehead atoms. The molecule has 0 aromatic heterocycles. The first-order valence-electron chi connectivity index (χ1n) is 5.40. The lowest BCUT2D eigenvalue weighted by molar-refractivity contribution is -0.117. The summed E-state index contributed by atoms with van der Waals surface area (Å²) in [6.45, 7) is 1.56. The van der Waals surface area contributed by atoms with Crippen molar-refractivity contribution in [3.63, 3.8) is 0 Å². The molecule has 5 heteroatoms. The second-order valence-corrected chi connectivity index (χ2v) is 3.51. The van der Waals surface area contributed by atoms with Gasteiger partial charge in [0.05, 0.1) is 12.8 Å². The fourth-order valence-corrected chi connectivity index (χ4v) is 1.32. The molecule has 1 aromatic carbocycles. The van der Waals surface area contributed by atoms with E-state index in [1.54, 1.807) is 19.2 Å². The van der Waals surface area contributed by atoms with E-state index in [4.69, 9.17) is 14.2 Å². The number of carbonyl (C=O) groups excluding carboxylic acids is 1. The highest BCUT2D eigenvalue weighted by molar-refractivity contribution is 5.84. The summed E-state index contributed by atoms with van der Waals surface area (Å²) in [7, 11) is 3.13. The van der Waals surface area contributed by atoms with Gasteiger partial charge >= 0.3 is 0 Å². The van der Waals surface area contributed by atoms with Gasteiger partial charge in [-0.15, -0.1) is 0 Å². The van der Waals surface area contributed by atoms with Crippen LogP contribution in [-0.2, 0) is 14.3 Å². The van der Waals surface area contributed by atoms with E-state index in [-0.39, 0.29) is 12.7 Å². The summed E-state index contributed by atoms with van der Waals surface area (Å²) in [6.07, 6.45) is 1.45. The molecule has 0 saturated carbocycles. The van der Waals surface area contributed by atoms with Gasteiger partial charge < -0.3 is 19.5 Å². The number of hydrogen-bond donors (Lipinski definition) is 1. The Morgan fingerprint density at radius 2 is 1.94 bits per heavy atom. The summed E-state index contributed by atoms with van der Waals surface area (Å²) >= 11 is 0. The zero-order valence-electron chi connectivity index (χ0n) is 10.7. The lowest BCUT2D eigenvalue weighted by atomic mass is 10.1. The van der Waals surface area contributed by atoms with Crippen molar-refractivity contribution in [1.29, 1.82) is 0 Å². The van der Waals surface area contributed by atoms with Gasteiger partial charge in [0.25, 0.3) is 0 Å². The Morgan fingerprint density at radius 1 is 1.28 bits per heavy atom. The van der Waals surface area contributed by atoms with Crippen molar-refractivity contribution in [1.82, 2.24) is 5.32 Å². The molecule has 18 heavy (non-hydrogen) atoms. The quantitative estimate of drug-likeness (QED) is 0.475. The summed E-state index contributed by atoms with van der Waals surface area (Å²) in [5.41, 5.74) is 1.39. The van der Waals surface area contributed by atoms with Crippen LogP contribution in [0.15, 0.2) is 30.5 Å². The fraction of sp³-hybridized carbons (Fsp3) is 0.308. The average Bonchev–Trinajstić information content (AvgIpc) is 2.37. The van der Waals surface area contributed by atoms with Crippen LogP contribution in [0.1, 0.15) is 12.5 Å². The van der Waals surface area contributed by atoms with Gasteiger partial charge in [-0.25, -0.2) is 0 Å². The summed E-state index contributed by atoms with van der Waals surface area (Å²) in [6, 6.07) is 7.27. The third-order valence-corrected chi connectivity index (χ3v) is 2.10. The van der Waals surface area contributed by atoms with Crippen molar-refractivity contribution in [3.05, 3.63) is 36.1 Å². The largest absolute Gasteiger partial charge is 0.497 e. The number of amides is 1. The van der Waals surface area contributed by atoms with Gasteiger partial charge in [0.2, 0.25) is 5.91 Å². The molecule has 1 rings (SSSR count). The molecule has 0 heterocycles. The lowest BCUT2D eigenvalue weighted by Crippen LogP contribution is -2.18. The Hall–Kier alpha value is -2.01. The first-order valence-corrected chi connectivity index (χ1v) is 5.40. The molecule has 1 aromatic rings. The predicted octanol–water partition coefficient (Wildman–Crippen LogP) is 1.75. The molecule has 0 aliphatic rings. The molecule has 1 N–H and O–H groups in total. The molecule has 5 nitrogen and oxygen atoms in total. The minimum atomic E-state index is -0.168. The van der Waals surface area contributed by atoms with Crippen LogP contribution >= 0.6 is 0 Å². The van der Waals surface area contributed by atoms with Crippen LogP contribution in [0.4, 0.5) is 0 Å². The van der Waals surface area contributed by atoms with Crippen LogP contribution in [0, 0.1) is 0 Å². The fourth-order valence-electron chi connectivity index (χ4n) is 1.32. The predicted molar refractivity (Wildman–Crippen MR) is 67.7 cm³/mol. The van der Waals surface area contributed by atoms with Crippen LogP contribution in [0.3, 0.4) is 0 Å². The Labute approximate surface area is 106 Å². The van der Waals surface area contributed by atoms with Crippen LogP contribution in [0.25, 0.3) is 5.70 Å². The maximum absolute atomic E-state index is 11.1. The van der Waals surface area contributed by atoms with E-state index >= 15 is 0 Å². The maximum Gasteiger partial charge on any atom is 0.221 e. The standard InChI is InChI=1S/C13H17NO4/c1-10(15)14-13(8-18-9-16-2)11-4-6-12(17-3)7-5-11/h4-8H,9H2,1-3H3,(H,14,15)/b13-8-. The summed E-state index contributed by atoms with van der Waals surface area (Å²) in [5.74, 6) is 0.580. The van der Waals surface area contributed by atoms with Crippen LogP contribution in [-0.4, -0.2) is 26.9 Å². The number of rotatable bonds is 6.